The third kappa shape index (κ3) is 9.30. The van der Waals surface area contributed by atoms with Gasteiger partial charge >= 0.3 is 12.5 Å². The lowest BCUT2D eigenvalue weighted by molar-refractivity contribution is -0.275. The molecule has 0 saturated heterocycles. The first-order chi connectivity index (χ1) is 15.4. The molecule has 0 heterocycles. The fourth-order valence-corrected chi connectivity index (χ4v) is 3.32. The summed E-state index contributed by atoms with van der Waals surface area (Å²) in [5.41, 5.74) is 0.917. The average Bonchev–Trinajstić information content (AvgIpc) is 2.71. The fourth-order valence-electron chi connectivity index (χ4n) is 3.07. The monoisotopic (exact) mass is 499 g/mol. The number of aliphatic hydroxyl groups is 1. The predicted octanol–water partition coefficient (Wildman–Crippen LogP) is 6.00. The van der Waals surface area contributed by atoms with E-state index in [1.165, 1.54) is 23.1 Å². The molecular weight excluding hydrogens is 476 g/mol. The van der Waals surface area contributed by atoms with Crippen molar-refractivity contribution >= 4 is 11.6 Å². The molecule has 0 bridgehead atoms. The van der Waals surface area contributed by atoms with Gasteiger partial charge in [0.1, 0.15) is 11.5 Å². The number of nitrogens with zero attached hydrogens (tertiary/aromatic N) is 1. The van der Waals surface area contributed by atoms with Crippen LogP contribution in [-0.2, 0) is 13.0 Å². The van der Waals surface area contributed by atoms with Gasteiger partial charge in [-0.25, -0.2) is 0 Å². The third-order valence-electron chi connectivity index (χ3n) is 4.69. The molecule has 1 unspecified atom stereocenters. The molecule has 0 spiro atoms. The minimum atomic E-state index is -4.95. The van der Waals surface area contributed by atoms with Crippen molar-refractivity contribution in [3.8, 4) is 11.5 Å². The molecule has 1 N–H and O–H groups in total. The summed E-state index contributed by atoms with van der Waals surface area (Å²) in [5.74, 6) is 0.0306. The van der Waals surface area contributed by atoms with Gasteiger partial charge in [0.2, 0.25) is 0 Å². The number of halogens is 7. The Bertz CT molecular complexity index is 891. The van der Waals surface area contributed by atoms with E-state index in [2.05, 4.69) is 4.74 Å². The van der Waals surface area contributed by atoms with Gasteiger partial charge in [-0.15, -0.1) is 13.2 Å². The van der Waals surface area contributed by atoms with E-state index in [0.717, 1.165) is 11.6 Å². The Morgan fingerprint density at radius 3 is 2.36 bits per heavy atom. The molecule has 0 aliphatic rings. The van der Waals surface area contributed by atoms with E-state index in [9.17, 15) is 31.4 Å². The van der Waals surface area contributed by atoms with E-state index in [0.29, 0.717) is 17.2 Å². The number of aliphatic hydroxyl groups excluding tert-OH is 1. The molecule has 4 nitrogen and oxygen atoms in total. The molecule has 0 aromatic heterocycles. The van der Waals surface area contributed by atoms with Crippen molar-refractivity contribution in [2.75, 3.05) is 19.7 Å². The molecule has 184 valence electrons. The second-order valence-corrected chi connectivity index (χ2v) is 7.66. The molecular formula is C22H24ClF6NO3. The van der Waals surface area contributed by atoms with Gasteiger partial charge < -0.3 is 14.6 Å². The molecule has 33 heavy (non-hydrogen) atoms. The Kier molecular flexibility index (Phi) is 9.69. The van der Waals surface area contributed by atoms with Crippen LogP contribution in [0.4, 0.5) is 26.3 Å². The smallest absolute Gasteiger partial charge is 0.494 e. The highest BCUT2D eigenvalue weighted by Gasteiger charge is 2.39. The molecule has 0 fully saturated rings. The highest BCUT2D eigenvalue weighted by atomic mass is 35.5. The number of para-hydroxylation sites is 1. The SMILES string of the molecule is CCc1cc(OCCCN(Cc2ccccc2OC(F)(F)F)CC(O)C(F)(F)F)ccc1Cl. The van der Waals surface area contributed by atoms with Crippen LogP contribution >= 0.6 is 11.6 Å². The van der Waals surface area contributed by atoms with Crippen LogP contribution in [-0.4, -0.2) is 48.3 Å². The van der Waals surface area contributed by atoms with Crippen molar-refractivity contribution in [3.63, 3.8) is 0 Å². The van der Waals surface area contributed by atoms with Gasteiger partial charge in [0.15, 0.2) is 6.10 Å². The highest BCUT2D eigenvalue weighted by Crippen LogP contribution is 2.28. The molecule has 2 rings (SSSR count). The lowest BCUT2D eigenvalue weighted by atomic mass is 10.1. The lowest BCUT2D eigenvalue weighted by Crippen LogP contribution is -2.41. The van der Waals surface area contributed by atoms with Crippen molar-refractivity contribution in [2.45, 2.75) is 45.0 Å². The van der Waals surface area contributed by atoms with E-state index >= 15 is 0 Å². The number of hydrogen-bond acceptors (Lipinski definition) is 4. The zero-order chi connectivity index (χ0) is 24.6. The Morgan fingerprint density at radius 1 is 1.03 bits per heavy atom. The van der Waals surface area contributed by atoms with Gasteiger partial charge in [-0.2, -0.15) is 13.2 Å². The summed E-state index contributed by atoms with van der Waals surface area (Å²) in [6.45, 7) is 0.992. The van der Waals surface area contributed by atoms with Crippen LogP contribution in [0.3, 0.4) is 0 Å². The number of rotatable bonds is 11. The van der Waals surface area contributed by atoms with E-state index in [4.69, 9.17) is 16.3 Å². The number of aryl methyl sites for hydroxylation is 1. The highest BCUT2D eigenvalue weighted by molar-refractivity contribution is 6.31. The van der Waals surface area contributed by atoms with E-state index in [1.807, 2.05) is 6.92 Å². The van der Waals surface area contributed by atoms with Gasteiger partial charge in [-0.1, -0.05) is 36.7 Å². The summed E-state index contributed by atoms with van der Waals surface area (Å²) in [5, 5.41) is 10.1. The number of alkyl halides is 6. The van der Waals surface area contributed by atoms with Crippen molar-refractivity contribution in [1.82, 2.24) is 4.90 Å². The van der Waals surface area contributed by atoms with Crippen molar-refractivity contribution < 1.29 is 40.9 Å². The van der Waals surface area contributed by atoms with Crippen molar-refractivity contribution in [2.24, 2.45) is 0 Å². The molecule has 1 atom stereocenters. The molecule has 11 heteroatoms. The van der Waals surface area contributed by atoms with Crippen molar-refractivity contribution in [1.29, 1.82) is 0 Å². The summed E-state index contributed by atoms with van der Waals surface area (Å²) in [6, 6.07) is 10.3. The quantitative estimate of drug-likeness (QED) is 0.304. The Hall–Kier alpha value is -2.17. The predicted molar refractivity (Wildman–Crippen MR) is 111 cm³/mol. The van der Waals surface area contributed by atoms with E-state index in [-0.39, 0.29) is 31.7 Å². The Balaban J connectivity index is 2.05. The standard InChI is InChI=1S/C22H24ClF6NO3/c1-2-15-12-17(8-9-18(15)23)32-11-5-10-30(14-20(31)21(24,25)26)13-16-6-3-4-7-19(16)33-22(27,28)29/h3-4,6-9,12,20,31H,2,5,10-11,13-14H2,1H3. The first-order valence-corrected chi connectivity index (χ1v) is 10.5. The van der Waals surface area contributed by atoms with Gasteiger partial charge in [-0.3, -0.25) is 4.90 Å². The molecule has 2 aromatic carbocycles. The maximum Gasteiger partial charge on any atom is 0.573 e. The zero-order valence-corrected chi connectivity index (χ0v) is 18.5. The summed E-state index contributed by atoms with van der Waals surface area (Å²) < 4.78 is 86.2. The molecule has 0 radical (unpaired) electrons. The molecule has 0 aliphatic heterocycles. The van der Waals surface area contributed by atoms with Crippen LogP contribution in [0.15, 0.2) is 42.5 Å². The van der Waals surface area contributed by atoms with Gasteiger partial charge in [0.05, 0.1) is 6.61 Å². The summed E-state index contributed by atoms with van der Waals surface area (Å²) in [6.07, 6.45) is -11.5. The summed E-state index contributed by atoms with van der Waals surface area (Å²) >= 11 is 6.06. The summed E-state index contributed by atoms with van der Waals surface area (Å²) in [4.78, 5) is 1.21. The van der Waals surface area contributed by atoms with Crippen LogP contribution in [0.5, 0.6) is 11.5 Å². The normalized spacial score (nSPS) is 13.3. The second-order valence-electron chi connectivity index (χ2n) is 7.26. The number of benzene rings is 2. The van der Waals surface area contributed by atoms with Gasteiger partial charge in [0.25, 0.3) is 0 Å². The average molecular weight is 500 g/mol. The summed E-state index contributed by atoms with van der Waals surface area (Å²) in [7, 11) is 0. The van der Waals surface area contributed by atoms with Crippen LogP contribution in [0.2, 0.25) is 5.02 Å². The zero-order valence-electron chi connectivity index (χ0n) is 17.7. The first kappa shape index (κ1) is 27.1. The maximum absolute atomic E-state index is 12.9. The maximum atomic E-state index is 12.9. The molecule has 0 aliphatic carbocycles. The fraction of sp³-hybridized carbons (Fsp3) is 0.455. The minimum absolute atomic E-state index is 0.0295. The molecule has 0 saturated carbocycles. The number of ether oxygens (including phenoxy) is 2. The Morgan fingerprint density at radius 2 is 1.73 bits per heavy atom. The van der Waals surface area contributed by atoms with E-state index in [1.54, 1.807) is 18.2 Å². The first-order valence-electron chi connectivity index (χ1n) is 10.1. The van der Waals surface area contributed by atoms with Crippen LogP contribution in [0.25, 0.3) is 0 Å². The molecule has 2 aromatic rings. The second kappa shape index (κ2) is 11.8. The minimum Gasteiger partial charge on any atom is -0.494 e. The molecule has 0 amide bonds. The van der Waals surface area contributed by atoms with Crippen LogP contribution in [0, 0.1) is 0 Å². The number of hydrogen-bond donors (Lipinski definition) is 1. The van der Waals surface area contributed by atoms with Gasteiger partial charge in [0, 0.05) is 30.2 Å². The van der Waals surface area contributed by atoms with Gasteiger partial charge in [-0.05, 0) is 42.7 Å². The topological polar surface area (TPSA) is 41.9 Å². The van der Waals surface area contributed by atoms with Crippen molar-refractivity contribution in [3.05, 3.63) is 58.6 Å². The lowest BCUT2D eigenvalue weighted by Gasteiger charge is -2.27. The van der Waals surface area contributed by atoms with Crippen LogP contribution < -0.4 is 9.47 Å². The Labute approximate surface area is 192 Å². The van der Waals surface area contributed by atoms with E-state index < -0.39 is 30.9 Å². The largest absolute Gasteiger partial charge is 0.573 e. The third-order valence-corrected chi connectivity index (χ3v) is 5.06. The van der Waals surface area contributed by atoms with Crippen LogP contribution in [0.1, 0.15) is 24.5 Å².